The molecule has 0 atom stereocenters. The first-order valence-corrected chi connectivity index (χ1v) is 10.7. The maximum atomic E-state index is 12.9. The highest BCUT2D eigenvalue weighted by atomic mass is 32.2. The maximum absolute atomic E-state index is 12.9. The van der Waals surface area contributed by atoms with E-state index in [0.29, 0.717) is 17.7 Å². The summed E-state index contributed by atoms with van der Waals surface area (Å²) in [5, 5.41) is 17.5. The van der Waals surface area contributed by atoms with Crippen molar-refractivity contribution in [1.82, 2.24) is 10.2 Å². The van der Waals surface area contributed by atoms with Gasteiger partial charge in [-0.15, -0.1) is 10.2 Å². The largest absolute Gasteiger partial charge is 0.411 e. The van der Waals surface area contributed by atoms with E-state index in [-0.39, 0.29) is 18.1 Å². The third-order valence-electron chi connectivity index (χ3n) is 4.74. The summed E-state index contributed by atoms with van der Waals surface area (Å²) in [6, 6.07) is 14.0. The van der Waals surface area contributed by atoms with Gasteiger partial charge in [-0.2, -0.15) is 5.26 Å². The lowest BCUT2D eigenvalue weighted by atomic mass is 10.1. The Morgan fingerprint density at radius 1 is 1.07 bits per heavy atom. The van der Waals surface area contributed by atoms with Crippen molar-refractivity contribution in [1.29, 1.82) is 5.26 Å². The first kappa shape index (κ1) is 21.6. The van der Waals surface area contributed by atoms with E-state index in [9.17, 15) is 4.79 Å². The van der Waals surface area contributed by atoms with E-state index in [2.05, 4.69) is 22.3 Å². The summed E-state index contributed by atoms with van der Waals surface area (Å²) >= 11 is 1.20. The van der Waals surface area contributed by atoms with Gasteiger partial charge in [0.1, 0.15) is 0 Å². The molecule has 7 heteroatoms. The van der Waals surface area contributed by atoms with Crippen LogP contribution in [0.25, 0.3) is 11.5 Å². The number of aryl methyl sites for hydroxylation is 4. The number of aromatic nitrogens is 2. The van der Waals surface area contributed by atoms with Gasteiger partial charge >= 0.3 is 0 Å². The molecule has 1 aromatic heterocycles. The Balaban J connectivity index is 1.71. The fraction of sp³-hybridized carbons (Fsp3) is 0.304. The summed E-state index contributed by atoms with van der Waals surface area (Å²) < 4.78 is 5.75. The molecule has 0 unspecified atom stereocenters. The quantitative estimate of drug-likeness (QED) is 0.500. The summed E-state index contributed by atoms with van der Waals surface area (Å²) in [4.78, 5) is 14.5. The molecule has 2 aromatic carbocycles. The molecule has 0 aliphatic carbocycles. The van der Waals surface area contributed by atoms with Gasteiger partial charge in [0.2, 0.25) is 11.8 Å². The Kier molecular flexibility index (Phi) is 6.91. The molecule has 0 radical (unpaired) electrons. The summed E-state index contributed by atoms with van der Waals surface area (Å²) in [6.45, 7) is 8.41. The molecular weight excluding hydrogens is 396 g/mol. The van der Waals surface area contributed by atoms with E-state index in [0.717, 1.165) is 33.5 Å². The zero-order valence-electron chi connectivity index (χ0n) is 17.6. The molecule has 0 aliphatic heterocycles. The third-order valence-corrected chi connectivity index (χ3v) is 5.55. The van der Waals surface area contributed by atoms with Crippen LogP contribution in [0, 0.1) is 39.0 Å². The van der Waals surface area contributed by atoms with Crippen LogP contribution in [0.5, 0.6) is 0 Å². The number of nitriles is 1. The molecule has 0 aliphatic rings. The van der Waals surface area contributed by atoms with Crippen molar-refractivity contribution in [2.24, 2.45) is 0 Å². The normalized spacial score (nSPS) is 10.6. The molecular formula is C23H24N4O2S. The van der Waals surface area contributed by atoms with Crippen molar-refractivity contribution in [3.8, 4) is 17.5 Å². The Bertz CT molecular complexity index is 1080. The van der Waals surface area contributed by atoms with E-state index in [1.807, 2.05) is 58.0 Å². The van der Waals surface area contributed by atoms with Crippen LogP contribution in [0.15, 0.2) is 46.0 Å². The molecule has 1 amide bonds. The SMILES string of the molecule is Cc1cc(C)cc(-c2nnc(SCC(=O)N(CCC#N)c3ccc(C)c(C)c3)o2)c1. The summed E-state index contributed by atoms with van der Waals surface area (Å²) in [5.41, 5.74) is 6.16. The highest BCUT2D eigenvalue weighted by molar-refractivity contribution is 7.99. The second-order valence-corrected chi connectivity index (χ2v) is 8.19. The number of hydrogen-bond acceptors (Lipinski definition) is 6. The predicted octanol–water partition coefficient (Wildman–Crippen LogP) is 5.01. The van der Waals surface area contributed by atoms with Crippen LogP contribution >= 0.6 is 11.8 Å². The minimum atomic E-state index is -0.107. The lowest BCUT2D eigenvalue weighted by Crippen LogP contribution is -2.33. The lowest BCUT2D eigenvalue weighted by molar-refractivity contribution is -0.116. The number of carbonyl (C=O) groups excluding carboxylic acids is 1. The van der Waals surface area contributed by atoms with E-state index >= 15 is 0 Å². The molecule has 154 valence electrons. The van der Waals surface area contributed by atoms with Gasteiger partial charge in [-0.1, -0.05) is 35.0 Å². The topological polar surface area (TPSA) is 83.0 Å². The fourth-order valence-corrected chi connectivity index (χ4v) is 3.78. The maximum Gasteiger partial charge on any atom is 0.277 e. The summed E-state index contributed by atoms with van der Waals surface area (Å²) in [6.07, 6.45) is 0.265. The van der Waals surface area contributed by atoms with Crippen molar-refractivity contribution in [2.75, 3.05) is 17.2 Å². The van der Waals surface area contributed by atoms with Crippen LogP contribution in [0.2, 0.25) is 0 Å². The molecule has 3 aromatic rings. The fourth-order valence-electron chi connectivity index (χ4n) is 3.14. The number of benzene rings is 2. The molecule has 30 heavy (non-hydrogen) atoms. The van der Waals surface area contributed by atoms with Crippen molar-refractivity contribution in [3.63, 3.8) is 0 Å². The van der Waals surface area contributed by atoms with Crippen LogP contribution in [-0.4, -0.2) is 28.4 Å². The van der Waals surface area contributed by atoms with Crippen LogP contribution in [0.4, 0.5) is 5.69 Å². The zero-order chi connectivity index (χ0) is 21.7. The van der Waals surface area contributed by atoms with Gasteiger partial charge in [0, 0.05) is 17.8 Å². The first-order valence-electron chi connectivity index (χ1n) is 9.67. The Morgan fingerprint density at radius 3 is 2.47 bits per heavy atom. The average molecular weight is 421 g/mol. The molecule has 0 saturated heterocycles. The lowest BCUT2D eigenvalue weighted by Gasteiger charge is -2.22. The molecule has 0 bridgehead atoms. The number of hydrogen-bond donors (Lipinski definition) is 0. The standard InChI is InChI=1S/C23H24N4O2S/c1-15-10-16(2)12-19(11-15)22-25-26-23(29-22)30-14-21(28)27(9-5-8-24)20-7-6-17(3)18(4)13-20/h6-7,10-13H,5,9,14H2,1-4H3. The van der Waals surface area contributed by atoms with E-state index < -0.39 is 0 Å². The van der Waals surface area contributed by atoms with Gasteiger partial charge in [0.15, 0.2) is 0 Å². The van der Waals surface area contributed by atoms with E-state index in [1.165, 1.54) is 11.8 Å². The Morgan fingerprint density at radius 2 is 1.80 bits per heavy atom. The number of carbonyl (C=O) groups is 1. The monoisotopic (exact) mass is 420 g/mol. The van der Waals surface area contributed by atoms with Crippen LogP contribution in [0.1, 0.15) is 28.7 Å². The molecule has 0 fully saturated rings. The number of rotatable bonds is 7. The molecule has 1 heterocycles. The van der Waals surface area contributed by atoms with Crippen LogP contribution in [0.3, 0.4) is 0 Å². The van der Waals surface area contributed by atoms with Gasteiger partial charge in [-0.05, 0) is 63.1 Å². The average Bonchev–Trinajstić information content (AvgIpc) is 3.18. The number of nitrogens with zero attached hydrogens (tertiary/aromatic N) is 4. The zero-order valence-corrected chi connectivity index (χ0v) is 18.4. The summed E-state index contributed by atoms with van der Waals surface area (Å²) in [7, 11) is 0. The van der Waals surface area contributed by atoms with Crippen molar-refractivity contribution in [2.45, 2.75) is 39.3 Å². The molecule has 0 N–H and O–H groups in total. The van der Waals surface area contributed by atoms with Crippen LogP contribution in [-0.2, 0) is 4.79 Å². The second-order valence-electron chi connectivity index (χ2n) is 7.26. The Hall–Kier alpha value is -3.11. The smallest absolute Gasteiger partial charge is 0.277 e. The summed E-state index contributed by atoms with van der Waals surface area (Å²) in [5.74, 6) is 0.476. The van der Waals surface area contributed by atoms with Crippen molar-refractivity contribution >= 4 is 23.4 Å². The minimum Gasteiger partial charge on any atom is -0.411 e. The van der Waals surface area contributed by atoms with Crippen LogP contribution < -0.4 is 4.90 Å². The molecule has 0 spiro atoms. The van der Waals surface area contributed by atoms with Crippen molar-refractivity contribution in [3.05, 3.63) is 58.7 Å². The van der Waals surface area contributed by atoms with Gasteiger partial charge in [0.25, 0.3) is 5.22 Å². The van der Waals surface area contributed by atoms with E-state index in [4.69, 9.17) is 9.68 Å². The van der Waals surface area contributed by atoms with Crippen molar-refractivity contribution < 1.29 is 9.21 Å². The van der Waals surface area contributed by atoms with E-state index in [1.54, 1.807) is 4.90 Å². The highest BCUT2D eigenvalue weighted by Gasteiger charge is 2.18. The number of thioether (sulfide) groups is 1. The van der Waals surface area contributed by atoms with Gasteiger partial charge in [0.05, 0.1) is 18.2 Å². The molecule has 6 nitrogen and oxygen atoms in total. The molecule has 3 rings (SSSR count). The number of amides is 1. The Labute approximate surface area is 180 Å². The highest BCUT2D eigenvalue weighted by Crippen LogP contribution is 2.26. The van der Waals surface area contributed by atoms with Gasteiger partial charge in [-0.3, -0.25) is 4.79 Å². The predicted molar refractivity (Wildman–Crippen MR) is 118 cm³/mol. The third kappa shape index (κ3) is 5.28. The van der Waals surface area contributed by atoms with Gasteiger partial charge < -0.3 is 9.32 Å². The first-order chi connectivity index (χ1) is 14.4. The molecule has 0 saturated carbocycles. The van der Waals surface area contributed by atoms with Gasteiger partial charge in [-0.25, -0.2) is 0 Å². The minimum absolute atomic E-state index is 0.107. The number of anilines is 1. The second kappa shape index (κ2) is 9.59.